The number of rotatable bonds is 17. The van der Waals surface area contributed by atoms with Crippen molar-refractivity contribution in [3.05, 3.63) is 0 Å². The predicted octanol–water partition coefficient (Wildman–Crippen LogP) is 1.19. The highest BCUT2D eigenvalue weighted by atomic mass is 32.2. The average Bonchev–Trinajstić information content (AvgIpc) is 3.09. The molecule has 0 bridgehead atoms. The van der Waals surface area contributed by atoms with Crippen LogP contribution in [0, 0.1) is 0 Å². The van der Waals surface area contributed by atoms with Gasteiger partial charge in [-0.05, 0) is 26.5 Å². The van der Waals surface area contributed by atoms with E-state index in [1.165, 1.54) is 0 Å². The molecule has 0 aromatic rings. The Bertz CT molecular complexity index is 1580. The quantitative estimate of drug-likeness (QED) is 0.159. The van der Waals surface area contributed by atoms with Crippen LogP contribution in [-0.2, 0) is 95.2 Å². The maximum absolute atomic E-state index is 14.3. The number of alkyl carbamates (subject to hydrolysis) is 1. The van der Waals surface area contributed by atoms with Crippen LogP contribution < -0.4 is 5.32 Å². The molecule has 0 radical (unpaired) electrons. The molecule has 340 valence electrons. The third-order valence-corrected chi connectivity index (χ3v) is 9.15. The predicted molar refractivity (Wildman–Crippen MR) is 200 cm³/mol. The molecule has 2 fully saturated rings. The van der Waals surface area contributed by atoms with Crippen molar-refractivity contribution in [2.75, 3.05) is 26.1 Å². The molecule has 0 unspecified atom stereocenters. The number of carbonyl (C=O) groups excluding carboxylic acids is 9. The van der Waals surface area contributed by atoms with Crippen LogP contribution in [0.2, 0.25) is 0 Å². The lowest BCUT2D eigenvalue weighted by molar-refractivity contribution is -0.351. The molecule has 2 heterocycles. The molecule has 0 aromatic heterocycles. The van der Waals surface area contributed by atoms with E-state index in [2.05, 4.69) is 5.32 Å². The lowest BCUT2D eigenvalue weighted by atomic mass is 9.87. The van der Waals surface area contributed by atoms with Crippen LogP contribution in [0.5, 0.6) is 0 Å². The third-order valence-electron chi connectivity index (χ3n) is 8.11. The second kappa shape index (κ2) is 22.7. The second-order valence-corrected chi connectivity index (χ2v) is 15.8. The number of esters is 8. The summed E-state index contributed by atoms with van der Waals surface area (Å²) in [7, 11) is 0.930. The van der Waals surface area contributed by atoms with E-state index >= 15 is 0 Å². The Morgan fingerprint density at radius 1 is 0.750 bits per heavy atom. The van der Waals surface area contributed by atoms with E-state index in [4.69, 9.17) is 56.8 Å². The summed E-state index contributed by atoms with van der Waals surface area (Å²) in [4.78, 5) is 115. The van der Waals surface area contributed by atoms with Gasteiger partial charge in [-0.25, -0.2) is 9.59 Å². The Morgan fingerprint density at radius 3 is 1.80 bits per heavy atom. The summed E-state index contributed by atoms with van der Waals surface area (Å²) in [5.41, 5.74) is -2.26. The summed E-state index contributed by atoms with van der Waals surface area (Å²) >= 11 is 1.09. The van der Waals surface area contributed by atoms with Crippen LogP contribution in [0.15, 0.2) is 0 Å². The van der Waals surface area contributed by atoms with Crippen molar-refractivity contribution >= 4 is 65.6 Å². The van der Waals surface area contributed by atoms with Crippen LogP contribution in [0.3, 0.4) is 0 Å². The normalized spacial score (nSPS) is 27.3. The molecule has 0 spiro atoms. The van der Waals surface area contributed by atoms with Crippen LogP contribution in [0.25, 0.3) is 0 Å². The molecule has 0 aromatic carbocycles. The van der Waals surface area contributed by atoms with Crippen molar-refractivity contribution in [1.82, 2.24) is 5.32 Å². The minimum absolute atomic E-state index is 0.338. The molecule has 22 nitrogen and oxygen atoms in total. The molecule has 0 aliphatic carbocycles. The van der Waals surface area contributed by atoms with Crippen LogP contribution in [-0.4, -0.2) is 152 Å². The molecule has 1 amide bonds. The van der Waals surface area contributed by atoms with E-state index in [0.717, 1.165) is 67.3 Å². The first kappa shape index (κ1) is 51.4. The minimum Gasteiger partial charge on any atom is -0.465 e. The summed E-state index contributed by atoms with van der Waals surface area (Å²) in [6.07, 6.45) is -15.7. The maximum Gasteiger partial charge on any atom is 0.408 e. The van der Waals surface area contributed by atoms with Gasteiger partial charge in [0.05, 0.1) is 19.6 Å². The van der Waals surface area contributed by atoms with Crippen LogP contribution in [0.1, 0.15) is 82.6 Å². The van der Waals surface area contributed by atoms with Gasteiger partial charge >= 0.3 is 53.8 Å². The number of methoxy groups -OCH3 is 1. The zero-order valence-electron chi connectivity index (χ0n) is 35.6. The lowest BCUT2D eigenvalue weighted by Crippen LogP contribution is -2.71. The van der Waals surface area contributed by atoms with Crippen molar-refractivity contribution < 1.29 is 100.0 Å². The fourth-order valence-corrected chi connectivity index (χ4v) is 7.19. The van der Waals surface area contributed by atoms with Crippen molar-refractivity contribution in [3.63, 3.8) is 0 Å². The average molecular weight is 882 g/mol. The van der Waals surface area contributed by atoms with Gasteiger partial charge in [-0.1, -0.05) is 6.92 Å². The molecule has 0 saturated carbocycles. The van der Waals surface area contributed by atoms with E-state index in [-0.39, 0.29) is 0 Å². The number of thioether (sulfide) groups is 1. The first-order valence-electron chi connectivity index (χ1n) is 18.7. The van der Waals surface area contributed by atoms with Gasteiger partial charge in [0.25, 0.3) is 5.79 Å². The molecule has 23 heteroatoms. The zero-order chi connectivity index (χ0) is 45.7. The lowest BCUT2D eigenvalue weighted by Gasteiger charge is -2.51. The van der Waals surface area contributed by atoms with Gasteiger partial charge in [0.15, 0.2) is 24.4 Å². The monoisotopic (exact) mass is 881 g/mol. The first-order chi connectivity index (χ1) is 27.8. The van der Waals surface area contributed by atoms with Crippen molar-refractivity contribution in [3.8, 4) is 0 Å². The standard InChI is InChI=1S/C37H55NO21S/c1-13-60-33-32(55-23(8)45)31(29(54-22(7)44)26(56-33)16-50-18(3)40)58-37(34(46)48-12)14-24(51-19(4)41)27(38-35(47)59-36(9,10)11)30(57-37)28(53-21(6)43)25(52-20(5)42)15-49-17(2)39/h24-33H,13-16H2,1-12H3,(H,38,47)/t24-,25+,26+,27+,28+,29-,30+,31-,32+,33-,37-/m0/s1. The van der Waals surface area contributed by atoms with Crippen LogP contribution in [0.4, 0.5) is 4.79 Å². The molecule has 2 saturated heterocycles. The fourth-order valence-electron chi connectivity index (χ4n) is 6.24. The number of amides is 1. The maximum atomic E-state index is 14.3. The van der Waals surface area contributed by atoms with Crippen LogP contribution >= 0.6 is 11.8 Å². The number of nitrogens with one attached hydrogen (secondary N) is 1. The Hall–Kier alpha value is -4.74. The Labute approximate surface area is 350 Å². The highest BCUT2D eigenvalue weighted by Gasteiger charge is 2.63. The number of ether oxygens (including phenoxy) is 12. The number of hydrogen-bond donors (Lipinski definition) is 1. The summed E-state index contributed by atoms with van der Waals surface area (Å²) in [5.74, 6) is -10.3. The third kappa shape index (κ3) is 15.7. The molecule has 2 aliphatic rings. The smallest absolute Gasteiger partial charge is 0.408 e. The SMILES string of the molecule is CCS[C@@H]1O[C@H](COC(C)=O)[C@H](OC(C)=O)[C@H](O[C@]2(C(=O)OC)C[C@H](OC(C)=O)[C@@H](NC(=O)OC(C)(C)C)[C@H]([C@H](OC(C)=O)[C@@H](COC(C)=O)OC(C)=O)O2)[C@H]1OC(C)=O. The summed E-state index contributed by atoms with van der Waals surface area (Å²) in [6, 6.07) is -1.67. The zero-order valence-corrected chi connectivity index (χ0v) is 36.4. The molecule has 60 heavy (non-hydrogen) atoms. The van der Waals surface area contributed by atoms with Gasteiger partial charge in [-0.3, -0.25) is 33.6 Å². The largest absolute Gasteiger partial charge is 0.465 e. The Morgan fingerprint density at radius 2 is 1.32 bits per heavy atom. The molecular formula is C37H55NO21S. The molecule has 1 N–H and O–H groups in total. The van der Waals surface area contributed by atoms with E-state index in [1.54, 1.807) is 27.7 Å². The Balaban J connectivity index is 3.09. The van der Waals surface area contributed by atoms with Gasteiger partial charge in [-0.15, -0.1) is 11.8 Å². The van der Waals surface area contributed by atoms with Crippen molar-refractivity contribution in [2.45, 2.75) is 154 Å². The topological polar surface area (TPSA) is 276 Å². The highest BCUT2D eigenvalue weighted by Crippen LogP contribution is 2.42. The van der Waals surface area contributed by atoms with E-state index < -0.39 is 145 Å². The summed E-state index contributed by atoms with van der Waals surface area (Å²) in [6.45, 7) is 12.2. The van der Waals surface area contributed by atoms with Gasteiger partial charge in [0.1, 0.15) is 48.7 Å². The molecular weight excluding hydrogens is 826 g/mol. The Kier molecular flexibility index (Phi) is 19.5. The number of carbonyl (C=O) groups is 9. The van der Waals surface area contributed by atoms with Gasteiger partial charge in [0, 0.05) is 48.5 Å². The van der Waals surface area contributed by atoms with E-state index in [9.17, 15) is 43.2 Å². The summed E-state index contributed by atoms with van der Waals surface area (Å²) in [5, 5.41) is 2.51. The van der Waals surface area contributed by atoms with E-state index in [0.29, 0.717) is 5.75 Å². The summed E-state index contributed by atoms with van der Waals surface area (Å²) < 4.78 is 68.2. The molecule has 11 atom stereocenters. The van der Waals surface area contributed by atoms with Crippen molar-refractivity contribution in [1.29, 1.82) is 0 Å². The molecule has 2 aliphatic heterocycles. The fraction of sp³-hybridized carbons (Fsp3) is 0.757. The van der Waals surface area contributed by atoms with E-state index in [1.807, 2.05) is 0 Å². The van der Waals surface area contributed by atoms with Crippen molar-refractivity contribution in [2.24, 2.45) is 0 Å². The van der Waals surface area contributed by atoms with Gasteiger partial charge in [0.2, 0.25) is 0 Å². The highest BCUT2D eigenvalue weighted by molar-refractivity contribution is 7.99. The second-order valence-electron chi connectivity index (χ2n) is 14.4. The van der Waals surface area contributed by atoms with Gasteiger partial charge in [-0.2, -0.15) is 0 Å². The van der Waals surface area contributed by atoms with Gasteiger partial charge < -0.3 is 62.2 Å². The minimum atomic E-state index is -2.88. The molecule has 2 rings (SSSR count). The first-order valence-corrected chi connectivity index (χ1v) is 19.7. The number of hydrogen-bond acceptors (Lipinski definition) is 22.